The highest BCUT2D eigenvalue weighted by molar-refractivity contribution is 7.93. The Balaban J connectivity index is 1.42. The molecule has 6 nitrogen and oxygen atoms in total. The van der Waals surface area contributed by atoms with Crippen LogP contribution in [0.3, 0.4) is 0 Å². The largest absolute Gasteiger partial charge is 0.305 e. The van der Waals surface area contributed by atoms with Crippen LogP contribution < -0.4 is 4.72 Å². The highest BCUT2D eigenvalue weighted by Crippen LogP contribution is 2.27. The predicted octanol–water partition coefficient (Wildman–Crippen LogP) is 4.06. The van der Waals surface area contributed by atoms with Crippen molar-refractivity contribution in [2.75, 3.05) is 51.6 Å². The third kappa shape index (κ3) is 5.79. The Morgan fingerprint density at radius 2 is 1.70 bits per heavy atom. The summed E-state index contributed by atoms with van der Waals surface area (Å²) in [6.07, 6.45) is 1.09. The summed E-state index contributed by atoms with van der Waals surface area (Å²) in [5.41, 5.74) is 7.02. The predicted molar refractivity (Wildman–Crippen MR) is 138 cm³/mol. The van der Waals surface area contributed by atoms with E-state index < -0.39 is 11.4 Å². The minimum absolute atomic E-state index is 0.543. The molecule has 0 amide bonds. The highest BCUT2D eigenvalue weighted by Gasteiger charge is 2.27. The van der Waals surface area contributed by atoms with Gasteiger partial charge in [-0.3, -0.25) is 4.68 Å². The van der Waals surface area contributed by atoms with Crippen molar-refractivity contribution in [2.45, 2.75) is 25.2 Å². The van der Waals surface area contributed by atoms with Gasteiger partial charge in [0.25, 0.3) is 0 Å². The Morgan fingerprint density at radius 3 is 2.33 bits per heavy atom. The first kappa shape index (κ1) is 23.8. The molecule has 1 aliphatic heterocycles. The average molecular weight is 467 g/mol. The second kappa shape index (κ2) is 10.7. The molecule has 1 fully saturated rings. The topological polar surface area (TPSA) is 45.6 Å². The van der Waals surface area contributed by atoms with Gasteiger partial charge in [0.1, 0.15) is 5.69 Å². The van der Waals surface area contributed by atoms with E-state index in [4.69, 9.17) is 4.18 Å². The first-order chi connectivity index (χ1) is 15.9. The second-order valence-electron chi connectivity index (χ2n) is 8.83. The van der Waals surface area contributed by atoms with E-state index in [1.807, 2.05) is 18.7 Å². The Labute approximate surface area is 201 Å². The fourth-order valence-corrected chi connectivity index (χ4v) is 5.50. The first-order valence-corrected chi connectivity index (χ1v) is 12.8. The molecule has 4 rings (SSSR count). The van der Waals surface area contributed by atoms with Crippen molar-refractivity contribution in [1.82, 2.24) is 19.6 Å². The quantitative estimate of drug-likeness (QED) is 0.507. The van der Waals surface area contributed by atoms with Crippen molar-refractivity contribution >= 4 is 17.0 Å². The standard InChI is InChI=1S/C26H36N5OS/c1-20-26(21(2)30(4)27-20)28-33(32-5)25-11-9-23(10-12-25)24-8-6-7-22(19-24)13-14-31-17-15-29(3)16-18-31/h6-12,19,28H,13-18H2,1-5H3/q+1. The Morgan fingerprint density at radius 1 is 0.970 bits per heavy atom. The smallest absolute Gasteiger partial charge is 0.304 e. The van der Waals surface area contributed by atoms with Crippen molar-refractivity contribution in [3.8, 4) is 11.1 Å². The van der Waals surface area contributed by atoms with Crippen LogP contribution in [0.1, 0.15) is 17.0 Å². The SMILES string of the molecule is CO[S+](Nc1c(C)nn(C)c1C)c1ccc(-c2cccc(CCN3CCN(C)CC3)c2)cc1. The van der Waals surface area contributed by atoms with Crippen LogP contribution in [-0.2, 0) is 29.0 Å². The fraction of sp³-hybridized carbons (Fsp3) is 0.423. The van der Waals surface area contributed by atoms with Gasteiger partial charge in [-0.25, -0.2) is 0 Å². The molecule has 1 saturated heterocycles. The zero-order valence-electron chi connectivity index (χ0n) is 20.5. The van der Waals surface area contributed by atoms with Crippen LogP contribution in [0.15, 0.2) is 53.4 Å². The molecule has 0 aliphatic carbocycles. The zero-order valence-corrected chi connectivity index (χ0v) is 21.3. The Hall–Kier alpha value is -2.32. The maximum absolute atomic E-state index is 5.79. The lowest BCUT2D eigenvalue weighted by Crippen LogP contribution is -2.45. The van der Waals surface area contributed by atoms with E-state index in [-0.39, 0.29) is 0 Å². The van der Waals surface area contributed by atoms with Crippen molar-refractivity contribution in [3.05, 3.63) is 65.5 Å². The van der Waals surface area contributed by atoms with Crippen LogP contribution in [0.25, 0.3) is 11.1 Å². The van der Waals surface area contributed by atoms with Gasteiger partial charge >= 0.3 is 11.4 Å². The van der Waals surface area contributed by atoms with E-state index in [0.717, 1.165) is 34.9 Å². The van der Waals surface area contributed by atoms with Gasteiger partial charge in [-0.1, -0.05) is 24.3 Å². The van der Waals surface area contributed by atoms with Crippen LogP contribution >= 0.6 is 0 Å². The summed E-state index contributed by atoms with van der Waals surface area (Å²) in [6.45, 7) is 9.91. The van der Waals surface area contributed by atoms with E-state index in [1.165, 1.54) is 42.9 Å². The minimum atomic E-state index is -0.543. The maximum atomic E-state index is 5.79. The van der Waals surface area contributed by atoms with Crippen molar-refractivity contribution in [3.63, 3.8) is 0 Å². The van der Waals surface area contributed by atoms with Crippen molar-refractivity contribution < 1.29 is 4.18 Å². The van der Waals surface area contributed by atoms with Crippen LogP contribution in [0, 0.1) is 13.8 Å². The number of piperazine rings is 1. The number of nitrogens with one attached hydrogen (secondary N) is 1. The molecule has 1 unspecified atom stereocenters. The summed E-state index contributed by atoms with van der Waals surface area (Å²) in [7, 11) is 5.92. The van der Waals surface area contributed by atoms with Gasteiger partial charge in [-0.15, -0.1) is 4.18 Å². The lowest BCUT2D eigenvalue weighted by atomic mass is 10.0. The average Bonchev–Trinajstić information content (AvgIpc) is 3.08. The summed E-state index contributed by atoms with van der Waals surface area (Å²) in [4.78, 5) is 6.10. The van der Waals surface area contributed by atoms with E-state index in [0.29, 0.717) is 0 Å². The number of likely N-dealkylation sites (N-methyl/N-ethyl adjacent to an activating group) is 1. The monoisotopic (exact) mass is 466 g/mol. The van der Waals surface area contributed by atoms with E-state index in [9.17, 15) is 0 Å². The van der Waals surface area contributed by atoms with Gasteiger partial charge in [0.15, 0.2) is 0 Å². The number of rotatable bonds is 8. The van der Waals surface area contributed by atoms with Crippen LogP contribution in [0.2, 0.25) is 0 Å². The number of benzene rings is 2. The van der Waals surface area contributed by atoms with Crippen LogP contribution in [0.5, 0.6) is 0 Å². The molecule has 2 aromatic carbocycles. The second-order valence-corrected chi connectivity index (χ2v) is 10.4. The van der Waals surface area contributed by atoms with E-state index in [2.05, 4.69) is 82.1 Å². The summed E-state index contributed by atoms with van der Waals surface area (Å²) in [5.74, 6) is 0. The number of anilines is 1. The normalized spacial score (nSPS) is 16.2. The molecule has 1 atom stereocenters. The summed E-state index contributed by atoms with van der Waals surface area (Å²) >= 11 is -0.543. The van der Waals surface area contributed by atoms with Crippen molar-refractivity contribution in [1.29, 1.82) is 0 Å². The van der Waals surface area contributed by atoms with Gasteiger partial charge in [-0.2, -0.15) is 9.82 Å². The number of hydrogen-bond acceptors (Lipinski definition) is 5. The summed E-state index contributed by atoms with van der Waals surface area (Å²) < 4.78 is 11.2. The first-order valence-electron chi connectivity index (χ1n) is 11.6. The molecule has 7 heteroatoms. The molecular weight excluding hydrogens is 430 g/mol. The van der Waals surface area contributed by atoms with Gasteiger partial charge in [0, 0.05) is 39.8 Å². The minimum Gasteiger partial charge on any atom is -0.304 e. The molecule has 33 heavy (non-hydrogen) atoms. The number of aryl methyl sites for hydroxylation is 2. The lowest BCUT2D eigenvalue weighted by Gasteiger charge is -2.32. The lowest BCUT2D eigenvalue weighted by molar-refractivity contribution is 0.155. The number of nitrogens with zero attached hydrogens (tertiary/aromatic N) is 4. The van der Waals surface area contributed by atoms with Gasteiger partial charge < -0.3 is 9.80 Å². The zero-order chi connectivity index (χ0) is 23.4. The Bertz CT molecular complexity index is 1060. The summed E-state index contributed by atoms with van der Waals surface area (Å²) in [5, 5.41) is 4.50. The number of hydrogen-bond donors (Lipinski definition) is 1. The van der Waals surface area contributed by atoms with Crippen LogP contribution in [0.4, 0.5) is 5.69 Å². The number of aromatic nitrogens is 2. The molecule has 176 valence electrons. The molecule has 1 aromatic heterocycles. The molecule has 1 aliphatic rings. The van der Waals surface area contributed by atoms with E-state index in [1.54, 1.807) is 7.11 Å². The molecule has 3 aromatic rings. The molecular formula is C26H36N5OS+. The molecule has 2 heterocycles. The van der Waals surface area contributed by atoms with Gasteiger partial charge in [0.2, 0.25) is 4.90 Å². The highest BCUT2D eigenvalue weighted by atomic mass is 32.2. The fourth-order valence-electron chi connectivity index (χ4n) is 4.25. The molecule has 1 N–H and O–H groups in total. The van der Waals surface area contributed by atoms with Crippen LogP contribution in [-0.4, -0.2) is 66.5 Å². The Kier molecular flexibility index (Phi) is 7.75. The molecule has 0 saturated carbocycles. The molecule has 0 bridgehead atoms. The summed E-state index contributed by atoms with van der Waals surface area (Å²) in [6, 6.07) is 17.7. The van der Waals surface area contributed by atoms with Crippen molar-refractivity contribution in [2.24, 2.45) is 7.05 Å². The molecule has 0 spiro atoms. The third-order valence-corrected chi connectivity index (χ3v) is 7.93. The third-order valence-electron chi connectivity index (χ3n) is 6.51. The van der Waals surface area contributed by atoms with Gasteiger partial charge in [-0.05, 0) is 68.3 Å². The molecule has 0 radical (unpaired) electrons. The maximum Gasteiger partial charge on any atom is 0.305 e. The van der Waals surface area contributed by atoms with Gasteiger partial charge in [0.05, 0.1) is 18.5 Å². The van der Waals surface area contributed by atoms with E-state index >= 15 is 0 Å².